The molecule has 0 amide bonds. The summed E-state index contributed by atoms with van der Waals surface area (Å²) in [6, 6.07) is 28.6. The summed E-state index contributed by atoms with van der Waals surface area (Å²) in [5.41, 5.74) is 3.00. The van der Waals surface area contributed by atoms with E-state index in [9.17, 15) is 0 Å². The summed E-state index contributed by atoms with van der Waals surface area (Å²) in [6.45, 7) is 0. The summed E-state index contributed by atoms with van der Waals surface area (Å²) in [6.07, 6.45) is 0. The van der Waals surface area contributed by atoms with E-state index in [0.29, 0.717) is 0 Å². The molecular weight excluding hydrogens is 389 g/mol. The third-order valence-corrected chi connectivity index (χ3v) is 6.30. The number of benzene rings is 3. The van der Waals surface area contributed by atoms with Gasteiger partial charge in [-0.05, 0) is 0 Å². The van der Waals surface area contributed by atoms with Gasteiger partial charge in [-0.1, -0.05) is 0 Å². The van der Waals surface area contributed by atoms with Crippen LogP contribution in [0.25, 0.3) is 22.6 Å². The fourth-order valence-electron chi connectivity index (χ4n) is 2.69. The van der Waals surface area contributed by atoms with Crippen LogP contribution in [0.5, 0.6) is 5.75 Å². The molecule has 4 heteroatoms. The molecule has 0 aliphatic carbocycles. The van der Waals surface area contributed by atoms with E-state index < -0.39 is 0 Å². The van der Waals surface area contributed by atoms with Crippen molar-refractivity contribution in [1.82, 2.24) is 5.16 Å². The molecule has 0 atom stereocenters. The van der Waals surface area contributed by atoms with E-state index in [4.69, 9.17) is 9.26 Å². The first kappa shape index (κ1) is 16.6. The van der Waals surface area contributed by atoms with Crippen LogP contribution in [0, 0.1) is 0 Å². The average Bonchev–Trinajstić information content (AvgIpc) is 3.13. The minimum absolute atomic E-state index is 0.0850. The minimum atomic E-state index is 0.0850. The van der Waals surface area contributed by atoms with Crippen LogP contribution < -0.4 is 13.7 Å². The number of aromatic nitrogens is 1. The molecule has 4 rings (SSSR count). The van der Waals surface area contributed by atoms with Gasteiger partial charge >= 0.3 is 159 Å². The molecule has 0 unspecified atom stereocenters. The van der Waals surface area contributed by atoms with Gasteiger partial charge in [0.2, 0.25) is 0 Å². The molecule has 0 saturated heterocycles. The summed E-state index contributed by atoms with van der Waals surface area (Å²) in [7, 11) is 1.67. The van der Waals surface area contributed by atoms with E-state index in [2.05, 4.69) is 41.6 Å². The first-order valence-corrected chi connectivity index (χ1v) is 9.99. The Morgan fingerprint density at radius 3 is 2.08 bits per heavy atom. The second-order valence-electron chi connectivity index (χ2n) is 5.70. The Labute approximate surface area is 158 Å². The van der Waals surface area contributed by atoms with Crippen molar-refractivity contribution in [2.45, 2.75) is 0 Å². The second kappa shape index (κ2) is 7.61. The summed E-state index contributed by atoms with van der Waals surface area (Å²) in [4.78, 5) is 0. The molecule has 0 radical (unpaired) electrons. The van der Waals surface area contributed by atoms with E-state index >= 15 is 0 Å². The van der Waals surface area contributed by atoms with Crippen LogP contribution in [0.1, 0.15) is 0 Å². The number of methoxy groups -OCH3 is 1. The van der Waals surface area contributed by atoms with Gasteiger partial charge in [-0.25, -0.2) is 0 Å². The number of hydrogen-bond donors (Lipinski definition) is 0. The zero-order valence-corrected chi connectivity index (χ0v) is 16.0. The predicted octanol–water partition coefficient (Wildman–Crippen LogP) is 3.67. The Morgan fingerprint density at radius 1 is 0.769 bits per heavy atom. The maximum atomic E-state index is 5.81. The van der Waals surface area contributed by atoms with Gasteiger partial charge in [0.05, 0.1) is 0 Å². The van der Waals surface area contributed by atoms with Crippen molar-refractivity contribution < 1.29 is 9.26 Å². The zero-order chi connectivity index (χ0) is 17.8. The summed E-state index contributed by atoms with van der Waals surface area (Å²) in [5, 5.41) is 4.41. The topological polar surface area (TPSA) is 35.3 Å². The Balaban J connectivity index is 1.81. The molecule has 4 aromatic rings. The Morgan fingerprint density at radius 2 is 1.42 bits per heavy atom. The van der Waals surface area contributed by atoms with Gasteiger partial charge in [0, 0.05) is 0 Å². The van der Waals surface area contributed by atoms with Gasteiger partial charge in [0.15, 0.2) is 0 Å². The molecular formula is C22H17NO2Se. The van der Waals surface area contributed by atoms with E-state index in [1.165, 1.54) is 4.46 Å². The molecule has 0 spiro atoms. The number of ether oxygens (including phenoxy) is 1. The van der Waals surface area contributed by atoms with Gasteiger partial charge in [0.1, 0.15) is 0 Å². The van der Waals surface area contributed by atoms with Crippen molar-refractivity contribution in [2.75, 3.05) is 7.11 Å². The molecule has 1 aromatic heterocycles. The monoisotopic (exact) mass is 407 g/mol. The second-order valence-corrected chi connectivity index (χ2v) is 7.97. The molecule has 0 N–H and O–H groups in total. The molecule has 1 heterocycles. The van der Waals surface area contributed by atoms with Crippen molar-refractivity contribution in [3.63, 3.8) is 0 Å². The molecule has 3 aromatic carbocycles. The van der Waals surface area contributed by atoms with E-state index in [1.54, 1.807) is 7.11 Å². The van der Waals surface area contributed by atoms with Crippen LogP contribution >= 0.6 is 0 Å². The standard InChI is InChI=1S/C22H17NO2Se/c1-24-18-14-12-17(13-15-18)21-22(26-19-10-6-3-7-11-19)20(23-25-21)16-8-4-2-5-9-16/h2-15H,1H3. The van der Waals surface area contributed by atoms with Gasteiger partial charge in [-0.2, -0.15) is 0 Å². The van der Waals surface area contributed by atoms with Gasteiger partial charge in [-0.15, -0.1) is 0 Å². The molecule has 3 nitrogen and oxygen atoms in total. The fourth-order valence-corrected chi connectivity index (χ4v) is 4.85. The van der Waals surface area contributed by atoms with Crippen molar-refractivity contribution in [2.24, 2.45) is 0 Å². The van der Waals surface area contributed by atoms with Crippen LogP contribution in [-0.4, -0.2) is 27.2 Å². The summed E-state index contributed by atoms with van der Waals surface area (Å²) in [5.74, 6) is 1.65. The number of hydrogen-bond acceptors (Lipinski definition) is 3. The first-order valence-electron chi connectivity index (χ1n) is 8.27. The molecule has 0 aliphatic rings. The van der Waals surface area contributed by atoms with Crippen LogP contribution in [0.2, 0.25) is 0 Å². The van der Waals surface area contributed by atoms with E-state index in [-0.39, 0.29) is 15.0 Å². The first-order chi connectivity index (χ1) is 12.8. The Kier molecular flexibility index (Phi) is 4.87. The molecule has 0 aliphatic heterocycles. The van der Waals surface area contributed by atoms with Crippen LogP contribution in [0.15, 0.2) is 89.5 Å². The Bertz CT molecular complexity index is 980. The van der Waals surface area contributed by atoms with E-state index in [0.717, 1.165) is 32.8 Å². The molecule has 0 fully saturated rings. The molecule has 0 saturated carbocycles. The third kappa shape index (κ3) is 3.43. The normalized spacial score (nSPS) is 10.7. The number of rotatable bonds is 5. The van der Waals surface area contributed by atoms with Crippen molar-refractivity contribution in [3.8, 4) is 28.3 Å². The predicted molar refractivity (Wildman–Crippen MR) is 105 cm³/mol. The van der Waals surface area contributed by atoms with Crippen LogP contribution in [0.3, 0.4) is 0 Å². The fraction of sp³-hybridized carbons (Fsp3) is 0.0455. The summed E-state index contributed by atoms with van der Waals surface area (Å²) < 4.78 is 13.5. The van der Waals surface area contributed by atoms with Gasteiger partial charge < -0.3 is 0 Å². The third-order valence-electron chi connectivity index (χ3n) is 4.01. The van der Waals surface area contributed by atoms with E-state index in [1.807, 2.05) is 48.5 Å². The maximum absolute atomic E-state index is 5.81. The zero-order valence-electron chi connectivity index (χ0n) is 14.3. The SMILES string of the molecule is COc1ccc(-c2onc(-c3ccccc3)c2[Se]c2ccccc2)cc1. The van der Waals surface area contributed by atoms with Crippen LogP contribution in [-0.2, 0) is 0 Å². The van der Waals surface area contributed by atoms with Crippen molar-refractivity contribution >= 4 is 23.9 Å². The summed E-state index contributed by atoms with van der Waals surface area (Å²) >= 11 is 0.0850. The number of nitrogens with zero attached hydrogens (tertiary/aromatic N) is 1. The molecule has 128 valence electrons. The molecule has 0 bridgehead atoms. The van der Waals surface area contributed by atoms with Crippen molar-refractivity contribution in [1.29, 1.82) is 0 Å². The van der Waals surface area contributed by atoms with Crippen molar-refractivity contribution in [3.05, 3.63) is 84.9 Å². The average molecular weight is 406 g/mol. The van der Waals surface area contributed by atoms with Gasteiger partial charge in [-0.3, -0.25) is 0 Å². The van der Waals surface area contributed by atoms with Gasteiger partial charge in [0.25, 0.3) is 0 Å². The molecule has 26 heavy (non-hydrogen) atoms. The van der Waals surface area contributed by atoms with Crippen LogP contribution in [0.4, 0.5) is 0 Å². The quantitative estimate of drug-likeness (QED) is 0.475. The Hall–Kier alpha value is -2.81.